The van der Waals surface area contributed by atoms with Crippen LogP contribution in [-0.4, -0.2) is 14.5 Å². The highest BCUT2D eigenvalue weighted by molar-refractivity contribution is 7.87. The van der Waals surface area contributed by atoms with Gasteiger partial charge in [-0.2, -0.15) is 8.42 Å². The Labute approximate surface area is 173 Å². The average Bonchev–Trinajstić information content (AvgIpc) is 2.72. The summed E-state index contributed by atoms with van der Waals surface area (Å²) in [6, 6.07) is 24.5. The van der Waals surface area contributed by atoms with E-state index in [-0.39, 0.29) is 4.90 Å². The van der Waals surface area contributed by atoms with Crippen LogP contribution in [0.25, 0.3) is 0 Å². The van der Waals surface area contributed by atoms with Crippen LogP contribution in [0.1, 0.15) is 30.0 Å². The predicted molar refractivity (Wildman–Crippen MR) is 116 cm³/mol. The lowest BCUT2D eigenvalue weighted by Crippen LogP contribution is -2.30. The van der Waals surface area contributed by atoms with Crippen molar-refractivity contribution in [2.45, 2.75) is 44.2 Å². The number of hydrogen-bond donors (Lipinski definition) is 1. The summed E-state index contributed by atoms with van der Waals surface area (Å²) < 4.78 is 30.4. The van der Waals surface area contributed by atoms with Crippen LogP contribution in [0.3, 0.4) is 0 Å². The highest BCUT2D eigenvalue weighted by Crippen LogP contribution is 2.21. The monoisotopic (exact) mass is 409 g/mol. The number of aryl methyl sites for hydroxylation is 1. The predicted octanol–water partition coefficient (Wildman–Crippen LogP) is 4.87. The van der Waals surface area contributed by atoms with Crippen molar-refractivity contribution in [3.05, 3.63) is 95.6 Å². The second-order valence-corrected chi connectivity index (χ2v) is 8.72. The zero-order chi connectivity index (χ0) is 20.7. The molecule has 0 bridgehead atoms. The first-order chi connectivity index (χ1) is 14.0. The first-order valence-electron chi connectivity index (χ1n) is 9.83. The smallest absolute Gasteiger partial charge is 0.339 e. The Morgan fingerprint density at radius 3 is 2.28 bits per heavy atom. The van der Waals surface area contributed by atoms with Crippen molar-refractivity contribution in [3.8, 4) is 5.75 Å². The van der Waals surface area contributed by atoms with E-state index in [9.17, 15) is 8.42 Å². The van der Waals surface area contributed by atoms with Crippen LogP contribution in [0.15, 0.2) is 83.8 Å². The van der Waals surface area contributed by atoms with Crippen molar-refractivity contribution < 1.29 is 12.6 Å². The van der Waals surface area contributed by atoms with E-state index in [0.29, 0.717) is 11.8 Å². The van der Waals surface area contributed by atoms with Gasteiger partial charge in [-0.15, -0.1) is 0 Å². The van der Waals surface area contributed by atoms with Crippen molar-refractivity contribution in [1.82, 2.24) is 5.32 Å². The zero-order valence-electron chi connectivity index (χ0n) is 16.8. The van der Waals surface area contributed by atoms with Crippen LogP contribution in [0, 0.1) is 6.92 Å². The minimum Gasteiger partial charge on any atom is -0.379 e. The molecule has 3 aromatic carbocycles. The summed E-state index contributed by atoms with van der Waals surface area (Å²) in [6.45, 7) is 4.86. The lowest BCUT2D eigenvalue weighted by atomic mass is 10.0. The highest BCUT2D eigenvalue weighted by Gasteiger charge is 2.17. The Balaban J connectivity index is 1.65. The van der Waals surface area contributed by atoms with Gasteiger partial charge < -0.3 is 9.50 Å². The molecule has 0 fully saturated rings. The first kappa shape index (κ1) is 21.1. The van der Waals surface area contributed by atoms with Crippen molar-refractivity contribution in [1.29, 1.82) is 0 Å². The Kier molecular flexibility index (Phi) is 7.07. The summed E-state index contributed by atoms with van der Waals surface area (Å²) in [4.78, 5) is 0.157. The van der Waals surface area contributed by atoms with Gasteiger partial charge in [0, 0.05) is 12.6 Å². The third-order valence-corrected chi connectivity index (χ3v) is 6.09. The lowest BCUT2D eigenvalue weighted by molar-refractivity contribution is 0.482. The van der Waals surface area contributed by atoms with Crippen molar-refractivity contribution in [2.24, 2.45) is 0 Å². The molecule has 0 aliphatic heterocycles. The molecule has 3 aromatic rings. The van der Waals surface area contributed by atoms with E-state index in [2.05, 4.69) is 24.4 Å². The molecule has 0 aliphatic rings. The van der Waals surface area contributed by atoms with E-state index < -0.39 is 10.1 Å². The first-order valence-corrected chi connectivity index (χ1v) is 11.2. The van der Waals surface area contributed by atoms with E-state index in [4.69, 9.17) is 4.18 Å². The molecular formula is C24H27NO3S. The maximum absolute atomic E-state index is 12.5. The zero-order valence-corrected chi connectivity index (χ0v) is 17.7. The molecule has 1 unspecified atom stereocenters. The highest BCUT2D eigenvalue weighted by atomic mass is 32.2. The van der Waals surface area contributed by atoms with Crippen LogP contribution in [0.2, 0.25) is 0 Å². The molecule has 1 atom stereocenters. The Bertz CT molecular complexity index is 1020. The molecular weight excluding hydrogens is 382 g/mol. The molecule has 0 heterocycles. The van der Waals surface area contributed by atoms with Gasteiger partial charge in [-0.25, -0.2) is 0 Å². The van der Waals surface area contributed by atoms with E-state index in [1.807, 2.05) is 37.3 Å². The van der Waals surface area contributed by atoms with Gasteiger partial charge in [-0.3, -0.25) is 0 Å². The van der Waals surface area contributed by atoms with Crippen LogP contribution in [0.5, 0.6) is 5.75 Å². The number of rotatable bonds is 9. The lowest BCUT2D eigenvalue weighted by Gasteiger charge is -2.18. The summed E-state index contributed by atoms with van der Waals surface area (Å²) in [7, 11) is -3.84. The van der Waals surface area contributed by atoms with Crippen LogP contribution >= 0.6 is 0 Å². The van der Waals surface area contributed by atoms with Crippen LogP contribution < -0.4 is 9.50 Å². The van der Waals surface area contributed by atoms with Crippen LogP contribution in [-0.2, 0) is 23.1 Å². The Hall–Kier alpha value is -2.63. The Morgan fingerprint density at radius 1 is 0.897 bits per heavy atom. The van der Waals surface area contributed by atoms with E-state index in [0.717, 1.165) is 30.5 Å². The maximum Gasteiger partial charge on any atom is 0.339 e. The van der Waals surface area contributed by atoms with Gasteiger partial charge in [0.15, 0.2) is 0 Å². The normalized spacial score (nSPS) is 12.5. The number of benzene rings is 3. The maximum atomic E-state index is 12.5. The molecule has 5 heteroatoms. The second-order valence-electron chi connectivity index (χ2n) is 7.17. The summed E-state index contributed by atoms with van der Waals surface area (Å²) in [5.74, 6) is 0.334. The SMILES string of the molecule is CCC(Cc1cccc(OS(=O)(=O)c2ccc(C)cc2)c1)NCc1ccccc1. The quantitative estimate of drug-likeness (QED) is 0.512. The fourth-order valence-electron chi connectivity index (χ4n) is 3.11. The van der Waals surface area contributed by atoms with Crippen molar-refractivity contribution in [3.63, 3.8) is 0 Å². The fourth-order valence-corrected chi connectivity index (χ4v) is 4.03. The molecule has 3 rings (SSSR count). The van der Waals surface area contributed by atoms with Crippen molar-refractivity contribution in [2.75, 3.05) is 0 Å². The molecule has 0 aromatic heterocycles. The standard InChI is InChI=1S/C24H27NO3S/c1-3-22(25-18-20-8-5-4-6-9-20)16-21-10-7-11-23(17-21)28-29(26,27)24-14-12-19(2)13-15-24/h4-15,17,22,25H,3,16,18H2,1-2H3. The molecule has 0 radical (unpaired) electrons. The molecule has 1 N–H and O–H groups in total. The number of nitrogens with one attached hydrogen (secondary N) is 1. The van der Waals surface area contributed by atoms with Gasteiger partial charge in [-0.1, -0.05) is 67.1 Å². The third kappa shape index (κ3) is 6.17. The minimum absolute atomic E-state index is 0.157. The van der Waals surface area contributed by atoms with E-state index >= 15 is 0 Å². The summed E-state index contributed by atoms with van der Waals surface area (Å²) in [6.07, 6.45) is 1.77. The van der Waals surface area contributed by atoms with Gasteiger partial charge in [0.25, 0.3) is 0 Å². The second kappa shape index (κ2) is 9.72. The van der Waals surface area contributed by atoms with Gasteiger partial charge in [0.2, 0.25) is 0 Å². The molecule has 0 spiro atoms. The minimum atomic E-state index is -3.84. The largest absolute Gasteiger partial charge is 0.379 e. The van der Waals surface area contributed by atoms with Crippen molar-refractivity contribution >= 4 is 10.1 Å². The van der Waals surface area contributed by atoms with E-state index in [1.165, 1.54) is 5.56 Å². The molecule has 29 heavy (non-hydrogen) atoms. The van der Waals surface area contributed by atoms with Gasteiger partial charge >= 0.3 is 10.1 Å². The molecule has 152 valence electrons. The van der Waals surface area contributed by atoms with Gasteiger partial charge in [-0.05, 0) is 55.2 Å². The topological polar surface area (TPSA) is 55.4 Å². The molecule has 4 nitrogen and oxygen atoms in total. The van der Waals surface area contributed by atoms with Gasteiger partial charge in [0.1, 0.15) is 10.6 Å². The third-order valence-electron chi connectivity index (χ3n) is 4.83. The number of hydrogen-bond acceptors (Lipinski definition) is 4. The molecule has 0 aliphatic carbocycles. The summed E-state index contributed by atoms with van der Waals surface area (Å²) >= 11 is 0. The van der Waals surface area contributed by atoms with Crippen LogP contribution in [0.4, 0.5) is 0 Å². The average molecular weight is 410 g/mol. The Morgan fingerprint density at radius 2 is 1.59 bits per heavy atom. The molecule has 0 amide bonds. The molecule has 0 saturated heterocycles. The van der Waals surface area contributed by atoms with E-state index in [1.54, 1.807) is 36.4 Å². The molecule has 0 saturated carbocycles. The fraction of sp³-hybridized carbons (Fsp3) is 0.250. The summed E-state index contributed by atoms with van der Waals surface area (Å²) in [5.41, 5.74) is 3.28. The summed E-state index contributed by atoms with van der Waals surface area (Å²) in [5, 5.41) is 3.57. The van der Waals surface area contributed by atoms with Gasteiger partial charge in [0.05, 0.1) is 0 Å².